The Balaban J connectivity index is 5.40. The van der Waals surface area contributed by atoms with Crippen molar-refractivity contribution in [2.24, 2.45) is 0 Å². The molecule has 0 saturated heterocycles. The average Bonchev–Trinajstić information content (AvgIpc) is 1.85. The fourth-order valence-corrected chi connectivity index (χ4v) is 11.2. The van der Waals surface area contributed by atoms with Gasteiger partial charge in [-0.1, -0.05) is 278 Å². The van der Waals surface area contributed by atoms with Crippen molar-refractivity contribution in [3.63, 3.8) is 0 Å². The van der Waals surface area contributed by atoms with E-state index in [4.69, 9.17) is 37.0 Å². The lowest BCUT2D eigenvalue weighted by atomic mass is 10.1. The van der Waals surface area contributed by atoms with Crippen LogP contribution in [0.2, 0.25) is 0 Å². The maximum Gasteiger partial charge on any atom is 0.472 e. The van der Waals surface area contributed by atoms with Crippen molar-refractivity contribution in [3.8, 4) is 0 Å². The Labute approximate surface area is 581 Å². The Hall–Kier alpha value is -4.28. The third-order valence-electron chi connectivity index (χ3n) is 15.3. The van der Waals surface area contributed by atoms with E-state index >= 15 is 0 Å². The number of allylic oxidation sites excluding steroid dienone is 18. The van der Waals surface area contributed by atoms with E-state index < -0.39 is 97.5 Å². The highest BCUT2D eigenvalue weighted by molar-refractivity contribution is 7.47. The van der Waals surface area contributed by atoms with Crippen LogP contribution in [-0.2, 0) is 65.4 Å². The van der Waals surface area contributed by atoms with Crippen molar-refractivity contribution in [1.82, 2.24) is 0 Å². The summed E-state index contributed by atoms with van der Waals surface area (Å²) in [7, 11) is -9.96. The zero-order valence-electron chi connectivity index (χ0n) is 60.0. The molecular formula is C77H132O17P2. The lowest BCUT2D eigenvalue weighted by Gasteiger charge is -2.21. The summed E-state index contributed by atoms with van der Waals surface area (Å²) in [6.07, 6.45) is 72.4. The topological polar surface area (TPSA) is 237 Å². The van der Waals surface area contributed by atoms with Crippen LogP contribution in [0.4, 0.5) is 0 Å². The maximum atomic E-state index is 13.1. The predicted octanol–water partition coefficient (Wildman–Crippen LogP) is 21.0. The van der Waals surface area contributed by atoms with Gasteiger partial charge in [-0.3, -0.25) is 37.3 Å². The van der Waals surface area contributed by atoms with Crippen molar-refractivity contribution in [2.45, 2.75) is 316 Å². The van der Waals surface area contributed by atoms with Crippen LogP contribution in [0, 0.1) is 0 Å². The van der Waals surface area contributed by atoms with Gasteiger partial charge < -0.3 is 33.8 Å². The Kier molecular flexibility index (Phi) is 66.1. The SMILES string of the molecule is CC/C=C\C/C=C\C/C=C\C/C=C\C/C=C\CCCC(=O)OCC(COP(=O)(O)OCC(O)COP(=O)(O)OCC(COC(=O)CCCCCCCCCCCCC)OC(=O)CCCCCCCCCCCCC)OC(=O)CCCCCC/C=C\C/C=C\C/C=C\C/C=C\CC. The number of hydrogen-bond donors (Lipinski definition) is 3. The van der Waals surface area contributed by atoms with Crippen molar-refractivity contribution >= 4 is 39.5 Å². The van der Waals surface area contributed by atoms with Crippen LogP contribution in [0.25, 0.3) is 0 Å². The maximum absolute atomic E-state index is 13.1. The Morgan fingerprint density at radius 2 is 0.552 bits per heavy atom. The highest BCUT2D eigenvalue weighted by Gasteiger charge is 2.30. The number of aliphatic hydroxyl groups is 1. The lowest BCUT2D eigenvalue weighted by molar-refractivity contribution is -0.161. The predicted molar refractivity (Wildman–Crippen MR) is 390 cm³/mol. The van der Waals surface area contributed by atoms with Gasteiger partial charge in [-0.15, -0.1) is 0 Å². The molecule has 17 nitrogen and oxygen atoms in total. The third kappa shape index (κ3) is 68.3. The van der Waals surface area contributed by atoms with Gasteiger partial charge in [0, 0.05) is 25.7 Å². The molecule has 0 aromatic rings. The van der Waals surface area contributed by atoms with Crippen LogP contribution in [0.1, 0.15) is 297 Å². The zero-order chi connectivity index (χ0) is 70.4. The number of unbranched alkanes of at least 4 members (excludes halogenated alkanes) is 25. The van der Waals surface area contributed by atoms with Crippen LogP contribution in [-0.4, -0.2) is 96.7 Å². The molecule has 0 aromatic carbocycles. The summed E-state index contributed by atoms with van der Waals surface area (Å²) in [5, 5.41) is 10.6. The lowest BCUT2D eigenvalue weighted by Crippen LogP contribution is -2.30. The van der Waals surface area contributed by atoms with E-state index in [2.05, 4.69) is 125 Å². The van der Waals surface area contributed by atoms with Crippen molar-refractivity contribution in [2.75, 3.05) is 39.6 Å². The summed E-state index contributed by atoms with van der Waals surface area (Å²) in [4.78, 5) is 72.7. The number of carbonyl (C=O) groups excluding carboxylic acids is 4. The molecule has 0 saturated carbocycles. The van der Waals surface area contributed by atoms with Gasteiger partial charge in [-0.2, -0.15) is 0 Å². The van der Waals surface area contributed by atoms with Crippen LogP contribution >= 0.6 is 15.6 Å². The van der Waals surface area contributed by atoms with Gasteiger partial charge in [-0.25, -0.2) is 9.13 Å². The fraction of sp³-hybridized carbons (Fsp3) is 0.714. The molecule has 0 aromatic heterocycles. The van der Waals surface area contributed by atoms with E-state index in [0.717, 1.165) is 128 Å². The Morgan fingerprint density at radius 1 is 0.302 bits per heavy atom. The van der Waals surface area contributed by atoms with Crippen molar-refractivity contribution < 1.29 is 80.2 Å². The van der Waals surface area contributed by atoms with Crippen LogP contribution in [0.3, 0.4) is 0 Å². The number of esters is 4. The van der Waals surface area contributed by atoms with Gasteiger partial charge in [-0.05, 0) is 103 Å². The van der Waals surface area contributed by atoms with Crippen LogP contribution in [0.5, 0.6) is 0 Å². The number of carbonyl (C=O) groups is 4. The van der Waals surface area contributed by atoms with E-state index in [-0.39, 0.29) is 25.7 Å². The minimum atomic E-state index is -4.99. The number of phosphoric acid groups is 2. The number of aliphatic hydroxyl groups excluding tert-OH is 1. The fourth-order valence-electron chi connectivity index (χ4n) is 9.66. The number of ether oxygens (including phenoxy) is 4. The molecule has 0 aliphatic heterocycles. The first kappa shape index (κ1) is 91.7. The first-order valence-electron chi connectivity index (χ1n) is 37.1. The van der Waals surface area contributed by atoms with Gasteiger partial charge >= 0.3 is 39.5 Å². The number of phosphoric ester groups is 2. The third-order valence-corrected chi connectivity index (χ3v) is 17.2. The molecule has 0 aliphatic rings. The van der Waals surface area contributed by atoms with E-state index in [9.17, 15) is 43.2 Å². The largest absolute Gasteiger partial charge is 0.472 e. The second kappa shape index (κ2) is 69.2. The molecule has 0 amide bonds. The smallest absolute Gasteiger partial charge is 0.462 e. The molecule has 19 heteroatoms. The normalized spacial score (nSPS) is 14.6. The van der Waals surface area contributed by atoms with E-state index in [0.29, 0.717) is 32.1 Å². The summed E-state index contributed by atoms with van der Waals surface area (Å²) in [6, 6.07) is 0. The monoisotopic (exact) mass is 1390 g/mol. The molecule has 96 heavy (non-hydrogen) atoms. The molecule has 3 N–H and O–H groups in total. The molecule has 0 radical (unpaired) electrons. The summed E-state index contributed by atoms with van der Waals surface area (Å²) in [6.45, 7) is 4.54. The van der Waals surface area contributed by atoms with Crippen LogP contribution < -0.4 is 0 Å². The van der Waals surface area contributed by atoms with E-state index in [1.54, 1.807) is 0 Å². The molecule has 0 bridgehead atoms. The second-order valence-corrected chi connectivity index (χ2v) is 27.4. The van der Waals surface area contributed by atoms with Gasteiger partial charge in [0.2, 0.25) is 0 Å². The molecule has 0 rings (SSSR count). The first-order chi connectivity index (χ1) is 46.7. The summed E-state index contributed by atoms with van der Waals surface area (Å²) in [5.74, 6) is -2.26. The zero-order valence-corrected chi connectivity index (χ0v) is 61.8. The quantitative estimate of drug-likeness (QED) is 0.0169. The van der Waals surface area contributed by atoms with Gasteiger partial charge in [0.1, 0.15) is 19.3 Å². The average molecular weight is 1390 g/mol. The molecule has 5 unspecified atom stereocenters. The standard InChI is InChI=1S/C77H132O17P2/c1-5-9-13-17-21-25-29-31-33-35-37-39-43-46-50-54-58-62-75(80)88-68-73(94-77(82)64-60-56-52-48-44-40-38-36-34-32-30-26-22-18-14-10-6-2)70-92-96(85,86)90-66-71(78)65-89-95(83,84)91-69-72(93-76(81)63-59-55-51-47-42-28-24-20-16-12-8-4)67-87-74(79)61-57-53-49-45-41-27-23-19-15-11-7-3/h9-10,13-14,21-22,25-26,31-34,37-40,46,50,71-73,78H,5-8,11-12,15-20,23-24,27-30,35-36,41-45,47-49,51-70H2,1-4H3,(H,83,84)(H,85,86)/b13-9-,14-10-,25-21-,26-22-,33-31-,34-32-,39-37-,40-38-,50-46-. The van der Waals surface area contributed by atoms with E-state index in [1.165, 1.54) is 83.5 Å². The van der Waals surface area contributed by atoms with Gasteiger partial charge in [0.15, 0.2) is 12.2 Å². The molecule has 0 fully saturated rings. The van der Waals surface area contributed by atoms with Gasteiger partial charge in [0.05, 0.1) is 26.4 Å². The van der Waals surface area contributed by atoms with Gasteiger partial charge in [0.25, 0.3) is 0 Å². The van der Waals surface area contributed by atoms with Crippen molar-refractivity contribution in [1.29, 1.82) is 0 Å². The summed E-state index contributed by atoms with van der Waals surface area (Å²) < 4.78 is 68.3. The Morgan fingerprint density at radius 3 is 0.875 bits per heavy atom. The molecule has 5 atom stereocenters. The van der Waals surface area contributed by atoms with Crippen LogP contribution in [0.15, 0.2) is 109 Å². The highest BCUT2D eigenvalue weighted by Crippen LogP contribution is 2.45. The van der Waals surface area contributed by atoms with E-state index in [1.807, 2.05) is 12.2 Å². The number of hydrogen-bond acceptors (Lipinski definition) is 15. The van der Waals surface area contributed by atoms with Crippen molar-refractivity contribution in [3.05, 3.63) is 109 Å². The first-order valence-corrected chi connectivity index (χ1v) is 40.1. The molecule has 0 heterocycles. The summed E-state index contributed by atoms with van der Waals surface area (Å²) >= 11 is 0. The summed E-state index contributed by atoms with van der Waals surface area (Å²) in [5.41, 5.74) is 0. The molecule has 0 spiro atoms. The Bertz CT molecular complexity index is 2250. The minimum Gasteiger partial charge on any atom is -0.462 e. The molecular weight excluding hydrogens is 1260 g/mol. The molecule has 0 aliphatic carbocycles. The minimum absolute atomic E-state index is 0.0534. The second-order valence-electron chi connectivity index (χ2n) is 24.5. The molecule has 552 valence electrons. The number of rotatable bonds is 69. The highest BCUT2D eigenvalue weighted by atomic mass is 31.2.